The van der Waals surface area contributed by atoms with Crippen molar-refractivity contribution < 1.29 is 20.1 Å². The molecule has 7 heteroatoms. The molecule has 0 saturated carbocycles. The highest BCUT2D eigenvalue weighted by Gasteiger charge is 2.50. The highest BCUT2D eigenvalue weighted by molar-refractivity contribution is 8.14. The zero-order valence-corrected chi connectivity index (χ0v) is 13.0. The van der Waals surface area contributed by atoms with Crippen LogP contribution in [0.25, 0.3) is 0 Å². The summed E-state index contributed by atoms with van der Waals surface area (Å²) in [4.78, 5) is 6.42. The van der Waals surface area contributed by atoms with Crippen LogP contribution in [0.1, 0.15) is 26.7 Å². The lowest BCUT2D eigenvalue weighted by atomic mass is 9.93. The second-order valence-electron chi connectivity index (χ2n) is 5.34. The van der Waals surface area contributed by atoms with Crippen LogP contribution in [0.5, 0.6) is 0 Å². The Morgan fingerprint density at radius 1 is 1.35 bits per heavy atom. The first kappa shape index (κ1) is 16.0. The van der Waals surface area contributed by atoms with Gasteiger partial charge in [-0.05, 0) is 13.3 Å². The summed E-state index contributed by atoms with van der Waals surface area (Å²) in [5.41, 5.74) is -0.339. The molecule has 1 saturated heterocycles. The molecule has 2 aliphatic heterocycles. The molecule has 2 rings (SSSR count). The SMILES string of the molecule is CCC[C@H](O)[C@H]1O[C@@H]2SC(N(C)CC)=N[C@@H]2[C@@H](O)[C@@H]1O. The summed E-state index contributed by atoms with van der Waals surface area (Å²) in [7, 11) is 1.93. The summed E-state index contributed by atoms with van der Waals surface area (Å²) in [6.07, 6.45) is -2.28. The zero-order valence-electron chi connectivity index (χ0n) is 12.1. The van der Waals surface area contributed by atoms with Crippen LogP contribution < -0.4 is 0 Å². The smallest absolute Gasteiger partial charge is 0.162 e. The predicted molar refractivity (Wildman–Crippen MR) is 78.7 cm³/mol. The van der Waals surface area contributed by atoms with Crippen LogP contribution in [-0.4, -0.2) is 74.9 Å². The van der Waals surface area contributed by atoms with Gasteiger partial charge in [-0.3, -0.25) is 4.99 Å². The van der Waals surface area contributed by atoms with Crippen molar-refractivity contribution in [2.45, 2.75) is 62.6 Å². The van der Waals surface area contributed by atoms with Crippen molar-refractivity contribution in [3.63, 3.8) is 0 Å². The number of aliphatic imine (C=N–C) groups is 1. The minimum atomic E-state index is -1.10. The maximum Gasteiger partial charge on any atom is 0.162 e. The normalized spacial score (nSPS) is 38.3. The highest BCUT2D eigenvalue weighted by atomic mass is 32.2. The van der Waals surface area contributed by atoms with Crippen molar-refractivity contribution >= 4 is 16.9 Å². The van der Waals surface area contributed by atoms with Crippen LogP contribution in [0.15, 0.2) is 4.99 Å². The van der Waals surface area contributed by atoms with E-state index in [1.807, 2.05) is 25.8 Å². The molecule has 3 N–H and O–H groups in total. The quantitative estimate of drug-likeness (QED) is 0.679. The van der Waals surface area contributed by atoms with Crippen LogP contribution in [0, 0.1) is 0 Å². The Balaban J connectivity index is 2.09. The molecule has 0 amide bonds. The van der Waals surface area contributed by atoms with Crippen LogP contribution in [0.2, 0.25) is 0 Å². The maximum atomic E-state index is 10.2. The molecule has 1 fully saturated rings. The molecule has 0 bridgehead atoms. The van der Waals surface area contributed by atoms with Crippen molar-refractivity contribution in [1.82, 2.24) is 4.90 Å². The third kappa shape index (κ3) is 2.96. The molecule has 6 atom stereocenters. The summed E-state index contributed by atoms with van der Waals surface area (Å²) < 4.78 is 5.79. The van der Waals surface area contributed by atoms with Crippen molar-refractivity contribution in [2.24, 2.45) is 4.99 Å². The average molecular weight is 304 g/mol. The molecule has 6 nitrogen and oxygen atoms in total. The number of ether oxygens (including phenoxy) is 1. The largest absolute Gasteiger partial charge is 0.390 e. The van der Waals surface area contributed by atoms with E-state index in [4.69, 9.17) is 4.74 Å². The lowest BCUT2D eigenvalue weighted by molar-refractivity contribution is -0.185. The van der Waals surface area contributed by atoms with Gasteiger partial charge in [-0.25, -0.2) is 0 Å². The Hall–Kier alpha value is -0.340. The molecular weight excluding hydrogens is 280 g/mol. The number of nitrogens with zero attached hydrogens (tertiary/aromatic N) is 2. The molecular formula is C13H24N2O4S. The van der Waals surface area contributed by atoms with Gasteiger partial charge in [0.2, 0.25) is 0 Å². The first-order valence-electron chi connectivity index (χ1n) is 7.14. The van der Waals surface area contributed by atoms with Gasteiger partial charge in [-0.1, -0.05) is 25.1 Å². The number of aliphatic hydroxyl groups excluding tert-OH is 3. The van der Waals surface area contributed by atoms with E-state index in [9.17, 15) is 15.3 Å². The van der Waals surface area contributed by atoms with Gasteiger partial charge in [-0.2, -0.15) is 0 Å². The summed E-state index contributed by atoms with van der Waals surface area (Å²) >= 11 is 1.44. The fraction of sp³-hybridized carbons (Fsp3) is 0.923. The Kier molecular flexibility index (Phi) is 5.30. The lowest BCUT2D eigenvalue weighted by Gasteiger charge is -2.40. The second-order valence-corrected chi connectivity index (χ2v) is 6.41. The monoisotopic (exact) mass is 304 g/mol. The van der Waals surface area contributed by atoms with E-state index in [1.165, 1.54) is 11.8 Å². The standard InChI is InChI=1S/C13H24N2O4S/c1-4-6-7(16)11-10(18)9(17)8-12(19-11)20-13(14-8)15(3)5-2/h7-12,16-18H,4-6H2,1-3H3/t7-,8+,9+,10-,11+,12+/m0/s1. The maximum absolute atomic E-state index is 10.2. The topological polar surface area (TPSA) is 85.5 Å². The minimum Gasteiger partial charge on any atom is -0.390 e. The number of thioether (sulfide) groups is 1. The summed E-state index contributed by atoms with van der Waals surface area (Å²) in [5, 5.41) is 31.2. The predicted octanol–water partition coefficient (Wildman–Crippen LogP) is 0.0172. The van der Waals surface area contributed by atoms with E-state index in [2.05, 4.69) is 4.99 Å². The Morgan fingerprint density at radius 3 is 2.65 bits per heavy atom. The molecule has 0 radical (unpaired) electrons. The van der Waals surface area contributed by atoms with Gasteiger partial charge in [0.05, 0.1) is 6.10 Å². The fourth-order valence-corrected chi connectivity index (χ4v) is 3.72. The number of hydrogen-bond donors (Lipinski definition) is 3. The Morgan fingerprint density at radius 2 is 2.05 bits per heavy atom. The fourth-order valence-electron chi connectivity index (χ4n) is 2.47. The van der Waals surface area contributed by atoms with E-state index in [1.54, 1.807) is 0 Å². The molecule has 0 aromatic carbocycles. The minimum absolute atomic E-state index is 0.339. The summed E-state index contributed by atoms with van der Waals surface area (Å²) in [6.45, 7) is 4.79. The molecule has 0 aromatic heterocycles. The number of aliphatic hydroxyl groups is 3. The van der Waals surface area contributed by atoms with Crippen molar-refractivity contribution in [2.75, 3.05) is 13.6 Å². The van der Waals surface area contributed by atoms with Gasteiger partial charge in [0.15, 0.2) is 5.17 Å². The Labute approximate surface area is 123 Å². The van der Waals surface area contributed by atoms with Crippen LogP contribution in [0.3, 0.4) is 0 Å². The van der Waals surface area contributed by atoms with Gasteiger partial charge in [0.25, 0.3) is 0 Å². The second kappa shape index (κ2) is 6.62. The first-order valence-corrected chi connectivity index (χ1v) is 8.02. The van der Waals surface area contributed by atoms with Gasteiger partial charge in [-0.15, -0.1) is 0 Å². The van der Waals surface area contributed by atoms with Gasteiger partial charge >= 0.3 is 0 Å². The van der Waals surface area contributed by atoms with Crippen LogP contribution in [-0.2, 0) is 4.74 Å². The number of hydrogen-bond acceptors (Lipinski definition) is 7. The lowest BCUT2D eigenvalue weighted by Crippen LogP contribution is -2.58. The van der Waals surface area contributed by atoms with Crippen molar-refractivity contribution in [3.8, 4) is 0 Å². The number of rotatable bonds is 4. The summed E-state index contributed by atoms with van der Waals surface area (Å²) in [5.74, 6) is 0. The van der Waals surface area contributed by atoms with E-state index in [0.717, 1.165) is 18.1 Å². The summed E-state index contributed by atoms with van der Waals surface area (Å²) in [6, 6.07) is -0.468. The molecule has 0 aromatic rings. The number of fused-ring (bicyclic) bond motifs is 1. The van der Waals surface area contributed by atoms with Gasteiger partial charge in [0, 0.05) is 13.6 Å². The molecule has 0 unspecified atom stereocenters. The van der Waals surface area contributed by atoms with E-state index in [-0.39, 0.29) is 5.44 Å². The van der Waals surface area contributed by atoms with Gasteiger partial charge in [0.1, 0.15) is 29.8 Å². The third-order valence-corrected chi connectivity index (χ3v) is 5.10. The molecule has 20 heavy (non-hydrogen) atoms. The van der Waals surface area contributed by atoms with Crippen LogP contribution >= 0.6 is 11.8 Å². The van der Waals surface area contributed by atoms with Crippen molar-refractivity contribution in [1.29, 1.82) is 0 Å². The third-order valence-electron chi connectivity index (χ3n) is 3.85. The van der Waals surface area contributed by atoms with Crippen LogP contribution in [0.4, 0.5) is 0 Å². The van der Waals surface area contributed by atoms with E-state index >= 15 is 0 Å². The number of amidine groups is 1. The zero-order chi connectivity index (χ0) is 14.9. The average Bonchev–Trinajstić information content (AvgIpc) is 2.86. The van der Waals surface area contributed by atoms with Gasteiger partial charge < -0.3 is 25.0 Å². The van der Waals surface area contributed by atoms with E-state index < -0.39 is 30.5 Å². The highest BCUT2D eigenvalue weighted by Crippen LogP contribution is 2.38. The molecule has 2 aliphatic rings. The molecule has 116 valence electrons. The molecule has 0 aliphatic carbocycles. The van der Waals surface area contributed by atoms with E-state index in [0.29, 0.717) is 6.42 Å². The first-order chi connectivity index (χ1) is 9.49. The van der Waals surface area contributed by atoms with Crippen molar-refractivity contribution in [3.05, 3.63) is 0 Å². The Bertz CT molecular complexity index is 368. The molecule has 0 spiro atoms. The molecule has 2 heterocycles.